The van der Waals surface area contributed by atoms with Crippen molar-refractivity contribution in [3.63, 3.8) is 0 Å². The number of piperazine rings is 1. The zero-order valence-corrected chi connectivity index (χ0v) is 16.5. The second-order valence-electron chi connectivity index (χ2n) is 7.62. The van der Waals surface area contributed by atoms with Gasteiger partial charge in [0.05, 0.1) is 29.7 Å². The van der Waals surface area contributed by atoms with E-state index in [1.54, 1.807) is 7.11 Å². The molecule has 1 N–H and O–H groups in total. The number of para-hydroxylation sites is 3. The van der Waals surface area contributed by atoms with Crippen LogP contribution in [0.5, 0.6) is 5.75 Å². The molecule has 150 valence electrons. The zero-order chi connectivity index (χ0) is 19.8. The number of rotatable bonds is 4. The number of methoxy groups -OCH3 is 1. The van der Waals surface area contributed by atoms with Gasteiger partial charge >= 0.3 is 0 Å². The van der Waals surface area contributed by atoms with E-state index >= 15 is 0 Å². The van der Waals surface area contributed by atoms with E-state index in [-0.39, 0.29) is 11.6 Å². The van der Waals surface area contributed by atoms with E-state index in [1.165, 1.54) is 0 Å². The summed E-state index contributed by atoms with van der Waals surface area (Å²) in [6.45, 7) is 5.39. The summed E-state index contributed by atoms with van der Waals surface area (Å²) in [6, 6.07) is 15.8. The number of nitrogens with zero attached hydrogens (tertiary/aromatic N) is 4. The number of anilines is 2. The Morgan fingerprint density at radius 1 is 1.07 bits per heavy atom. The molecule has 1 saturated heterocycles. The number of hydrogen-bond acceptors (Lipinski definition) is 6. The van der Waals surface area contributed by atoms with Gasteiger partial charge < -0.3 is 15.0 Å². The Labute approximate surface area is 169 Å². The topological polar surface area (TPSA) is 62.6 Å². The smallest absolute Gasteiger partial charge is 0.263 e. The Balaban J connectivity index is 1.30. The van der Waals surface area contributed by atoms with Crippen LogP contribution in [0.1, 0.15) is 6.04 Å². The summed E-state index contributed by atoms with van der Waals surface area (Å²) in [5.41, 5.74) is 1.95. The number of ether oxygens (including phenoxy) is 1. The van der Waals surface area contributed by atoms with Gasteiger partial charge in [0, 0.05) is 39.3 Å². The van der Waals surface area contributed by atoms with E-state index in [2.05, 4.69) is 32.2 Å². The van der Waals surface area contributed by atoms with Gasteiger partial charge in [0.2, 0.25) is 5.95 Å². The molecule has 0 amide bonds. The van der Waals surface area contributed by atoms with Gasteiger partial charge in [0.1, 0.15) is 5.75 Å². The molecule has 1 aromatic heterocycles. The van der Waals surface area contributed by atoms with Crippen molar-refractivity contribution < 1.29 is 4.74 Å². The Hall–Kier alpha value is -3.06. The maximum atomic E-state index is 13.0. The van der Waals surface area contributed by atoms with Crippen molar-refractivity contribution >= 4 is 22.5 Å². The highest BCUT2D eigenvalue weighted by atomic mass is 16.5. The fourth-order valence-corrected chi connectivity index (χ4v) is 4.42. The molecule has 1 fully saturated rings. The predicted octanol–water partition coefficient (Wildman–Crippen LogP) is 2.19. The SMILES string of the molecule is COc1ccccc1N1CCN(CC2CNc3nc4ccccc4c(=O)n32)CC1. The lowest BCUT2D eigenvalue weighted by molar-refractivity contribution is 0.226. The number of nitrogens with one attached hydrogen (secondary N) is 1. The lowest BCUT2D eigenvalue weighted by Crippen LogP contribution is -2.48. The molecule has 0 saturated carbocycles. The molecule has 0 radical (unpaired) electrons. The summed E-state index contributed by atoms with van der Waals surface area (Å²) in [7, 11) is 1.72. The predicted molar refractivity (Wildman–Crippen MR) is 115 cm³/mol. The molecule has 2 aliphatic rings. The van der Waals surface area contributed by atoms with Crippen LogP contribution in [0.2, 0.25) is 0 Å². The minimum absolute atomic E-state index is 0.0493. The first-order valence-corrected chi connectivity index (χ1v) is 10.1. The van der Waals surface area contributed by atoms with E-state index in [0.29, 0.717) is 11.3 Å². The van der Waals surface area contributed by atoms with Crippen LogP contribution in [-0.4, -0.2) is 60.8 Å². The van der Waals surface area contributed by atoms with E-state index in [4.69, 9.17) is 4.74 Å². The molecule has 29 heavy (non-hydrogen) atoms. The molecule has 3 heterocycles. The standard InChI is InChI=1S/C22H25N5O2/c1-29-20-9-5-4-8-19(20)26-12-10-25(11-13-26)15-16-14-23-22-24-18-7-3-2-6-17(18)21(28)27(16)22/h2-9,16H,10-15H2,1H3,(H,23,24). The Kier molecular flexibility index (Phi) is 4.60. The van der Waals surface area contributed by atoms with E-state index < -0.39 is 0 Å². The quantitative estimate of drug-likeness (QED) is 0.736. The summed E-state index contributed by atoms with van der Waals surface area (Å²) in [5, 5.41) is 4.01. The van der Waals surface area contributed by atoms with Gasteiger partial charge in [-0.2, -0.15) is 0 Å². The van der Waals surface area contributed by atoms with E-state index in [1.807, 2.05) is 41.0 Å². The van der Waals surface area contributed by atoms with Crippen molar-refractivity contribution in [3.05, 3.63) is 58.9 Å². The average Bonchev–Trinajstić information content (AvgIpc) is 3.17. The summed E-state index contributed by atoms with van der Waals surface area (Å²) >= 11 is 0. The Morgan fingerprint density at radius 2 is 1.83 bits per heavy atom. The van der Waals surface area contributed by atoms with Crippen molar-refractivity contribution in [1.29, 1.82) is 0 Å². The first-order chi connectivity index (χ1) is 14.2. The normalized spacial score (nSPS) is 19.2. The number of benzene rings is 2. The molecular formula is C22H25N5O2. The van der Waals surface area contributed by atoms with Crippen LogP contribution in [0, 0.1) is 0 Å². The number of fused-ring (bicyclic) bond motifs is 2. The second kappa shape index (κ2) is 7.40. The molecule has 2 aromatic carbocycles. The average molecular weight is 391 g/mol. The highest BCUT2D eigenvalue weighted by Crippen LogP contribution is 2.29. The minimum Gasteiger partial charge on any atom is -0.495 e. The third kappa shape index (κ3) is 3.21. The van der Waals surface area contributed by atoms with Crippen LogP contribution >= 0.6 is 0 Å². The van der Waals surface area contributed by atoms with Gasteiger partial charge in [-0.3, -0.25) is 14.3 Å². The van der Waals surface area contributed by atoms with Gasteiger partial charge in [-0.1, -0.05) is 24.3 Å². The van der Waals surface area contributed by atoms with Gasteiger partial charge in [-0.15, -0.1) is 0 Å². The fourth-order valence-electron chi connectivity index (χ4n) is 4.42. The summed E-state index contributed by atoms with van der Waals surface area (Å²) in [5.74, 6) is 1.60. The molecule has 3 aromatic rings. The Bertz CT molecular complexity index is 1090. The van der Waals surface area contributed by atoms with E-state index in [9.17, 15) is 4.79 Å². The molecule has 2 aliphatic heterocycles. The molecule has 0 bridgehead atoms. The van der Waals surface area contributed by atoms with Crippen molar-refractivity contribution in [2.75, 3.05) is 56.6 Å². The minimum atomic E-state index is 0.0493. The third-order valence-electron chi connectivity index (χ3n) is 5.94. The maximum absolute atomic E-state index is 13.0. The first-order valence-electron chi connectivity index (χ1n) is 10.1. The lowest BCUT2D eigenvalue weighted by atomic mass is 10.2. The van der Waals surface area contributed by atoms with Crippen LogP contribution in [0.25, 0.3) is 10.9 Å². The molecule has 7 heteroatoms. The molecule has 0 aliphatic carbocycles. The van der Waals surface area contributed by atoms with Crippen molar-refractivity contribution in [2.45, 2.75) is 6.04 Å². The van der Waals surface area contributed by atoms with Crippen LogP contribution in [0.3, 0.4) is 0 Å². The molecule has 0 spiro atoms. The first kappa shape index (κ1) is 18.0. The summed E-state index contributed by atoms with van der Waals surface area (Å²) in [6.07, 6.45) is 0. The molecule has 7 nitrogen and oxygen atoms in total. The number of hydrogen-bond donors (Lipinski definition) is 1. The molecule has 1 atom stereocenters. The monoisotopic (exact) mass is 391 g/mol. The van der Waals surface area contributed by atoms with Gasteiger partial charge in [0.25, 0.3) is 5.56 Å². The highest BCUT2D eigenvalue weighted by molar-refractivity contribution is 5.78. The van der Waals surface area contributed by atoms with Crippen molar-refractivity contribution in [2.24, 2.45) is 0 Å². The van der Waals surface area contributed by atoms with Crippen LogP contribution in [0.4, 0.5) is 11.6 Å². The molecule has 5 rings (SSSR count). The van der Waals surface area contributed by atoms with E-state index in [0.717, 1.165) is 56.2 Å². The molecule has 1 unspecified atom stereocenters. The lowest BCUT2D eigenvalue weighted by Gasteiger charge is -2.37. The largest absolute Gasteiger partial charge is 0.495 e. The summed E-state index contributed by atoms with van der Waals surface area (Å²) in [4.78, 5) is 22.5. The third-order valence-corrected chi connectivity index (χ3v) is 5.94. The van der Waals surface area contributed by atoms with Gasteiger partial charge in [0.15, 0.2) is 0 Å². The van der Waals surface area contributed by atoms with Crippen molar-refractivity contribution in [1.82, 2.24) is 14.5 Å². The van der Waals surface area contributed by atoms with Crippen LogP contribution < -0.4 is 20.5 Å². The molecular weight excluding hydrogens is 366 g/mol. The van der Waals surface area contributed by atoms with Crippen LogP contribution in [-0.2, 0) is 0 Å². The van der Waals surface area contributed by atoms with Gasteiger partial charge in [-0.05, 0) is 24.3 Å². The number of aromatic nitrogens is 2. The van der Waals surface area contributed by atoms with Crippen LogP contribution in [0.15, 0.2) is 53.3 Å². The fraction of sp³-hybridized carbons (Fsp3) is 0.364. The van der Waals surface area contributed by atoms with Crippen molar-refractivity contribution in [3.8, 4) is 5.75 Å². The Morgan fingerprint density at radius 3 is 2.66 bits per heavy atom. The second-order valence-corrected chi connectivity index (χ2v) is 7.62. The highest BCUT2D eigenvalue weighted by Gasteiger charge is 2.28. The zero-order valence-electron chi connectivity index (χ0n) is 16.5. The van der Waals surface area contributed by atoms with Gasteiger partial charge in [-0.25, -0.2) is 4.98 Å². The summed E-state index contributed by atoms with van der Waals surface area (Å²) < 4.78 is 7.35. The maximum Gasteiger partial charge on any atom is 0.263 e.